The molecule has 0 aromatic heterocycles. The highest BCUT2D eigenvalue weighted by Gasteiger charge is 2.19. The summed E-state index contributed by atoms with van der Waals surface area (Å²) < 4.78 is 0. The average molecular weight is 367 g/mol. The van der Waals surface area contributed by atoms with Crippen LogP contribution in [0.25, 0.3) is 0 Å². The van der Waals surface area contributed by atoms with E-state index in [0.717, 1.165) is 24.1 Å². The van der Waals surface area contributed by atoms with Crippen molar-refractivity contribution >= 4 is 23.6 Å². The van der Waals surface area contributed by atoms with E-state index < -0.39 is 5.97 Å². The van der Waals surface area contributed by atoms with E-state index in [2.05, 4.69) is 10.6 Å². The van der Waals surface area contributed by atoms with Crippen LogP contribution in [-0.4, -0.2) is 34.5 Å². The molecular weight excluding hydrogens is 346 g/mol. The molecule has 7 heteroatoms. The van der Waals surface area contributed by atoms with Crippen LogP contribution >= 0.6 is 0 Å². The van der Waals surface area contributed by atoms with Gasteiger partial charge in [0.25, 0.3) is 0 Å². The summed E-state index contributed by atoms with van der Waals surface area (Å²) in [4.78, 5) is 36.3. The predicted octanol–water partition coefficient (Wildman–Crippen LogP) is 2.83. The third-order valence-electron chi connectivity index (χ3n) is 4.41. The highest BCUT2D eigenvalue weighted by Crippen LogP contribution is 2.16. The van der Waals surface area contributed by atoms with Crippen molar-refractivity contribution in [2.75, 3.05) is 11.9 Å². The molecule has 0 radical (unpaired) electrons. The van der Waals surface area contributed by atoms with Crippen LogP contribution in [0.2, 0.25) is 0 Å². The molecule has 1 aliphatic rings. The first kappa shape index (κ1) is 18.4. The number of urea groups is 1. The number of anilines is 1. The minimum absolute atomic E-state index is 0.188. The SMILES string of the molecule is O=C(NCc1ccc(C(=O)O)cc1)Nc1ccc(CN2CCCC2=O)cc1. The zero-order valence-corrected chi connectivity index (χ0v) is 14.8. The van der Waals surface area contributed by atoms with Gasteiger partial charge in [0.1, 0.15) is 0 Å². The maximum Gasteiger partial charge on any atom is 0.335 e. The lowest BCUT2D eigenvalue weighted by Gasteiger charge is -2.15. The molecular formula is C20H21N3O4. The molecule has 0 bridgehead atoms. The average Bonchev–Trinajstić information content (AvgIpc) is 3.06. The number of nitrogens with zero attached hydrogens (tertiary/aromatic N) is 1. The molecule has 140 valence electrons. The number of aromatic carboxylic acids is 1. The lowest BCUT2D eigenvalue weighted by Crippen LogP contribution is -2.28. The molecule has 3 rings (SSSR count). The van der Waals surface area contributed by atoms with Crippen LogP contribution in [0.1, 0.15) is 34.3 Å². The Labute approximate surface area is 157 Å². The van der Waals surface area contributed by atoms with Crippen LogP contribution in [0, 0.1) is 0 Å². The highest BCUT2D eigenvalue weighted by molar-refractivity contribution is 5.89. The van der Waals surface area contributed by atoms with Crippen LogP contribution in [0.4, 0.5) is 10.5 Å². The van der Waals surface area contributed by atoms with Gasteiger partial charge in [0.15, 0.2) is 0 Å². The smallest absolute Gasteiger partial charge is 0.335 e. The summed E-state index contributed by atoms with van der Waals surface area (Å²) >= 11 is 0. The fourth-order valence-corrected chi connectivity index (χ4v) is 2.91. The van der Waals surface area contributed by atoms with Crippen LogP contribution < -0.4 is 10.6 Å². The summed E-state index contributed by atoms with van der Waals surface area (Å²) in [6, 6.07) is 13.4. The fraction of sp³-hybridized carbons (Fsp3) is 0.250. The van der Waals surface area contributed by atoms with Gasteiger partial charge in [-0.3, -0.25) is 4.79 Å². The van der Waals surface area contributed by atoms with Crippen molar-refractivity contribution < 1.29 is 19.5 Å². The standard InChI is InChI=1S/C20H21N3O4/c24-18-2-1-11-23(18)13-15-5-9-17(10-6-15)22-20(27)21-12-14-3-7-16(8-4-14)19(25)26/h3-10H,1-2,11-13H2,(H,25,26)(H2,21,22,27). The summed E-state index contributed by atoms with van der Waals surface area (Å²) in [5, 5.41) is 14.3. The van der Waals surface area contributed by atoms with Crippen LogP contribution in [-0.2, 0) is 17.9 Å². The van der Waals surface area contributed by atoms with Crippen molar-refractivity contribution in [2.45, 2.75) is 25.9 Å². The van der Waals surface area contributed by atoms with Crippen molar-refractivity contribution in [3.63, 3.8) is 0 Å². The molecule has 0 aliphatic carbocycles. The Morgan fingerprint density at radius 3 is 2.26 bits per heavy atom. The number of hydrogen-bond acceptors (Lipinski definition) is 3. The molecule has 0 saturated carbocycles. The van der Waals surface area contributed by atoms with Crippen LogP contribution in [0.15, 0.2) is 48.5 Å². The second-order valence-corrected chi connectivity index (χ2v) is 6.43. The van der Waals surface area contributed by atoms with E-state index in [-0.39, 0.29) is 17.5 Å². The van der Waals surface area contributed by atoms with E-state index >= 15 is 0 Å². The van der Waals surface area contributed by atoms with E-state index in [1.54, 1.807) is 24.3 Å². The molecule has 0 unspecified atom stereocenters. The summed E-state index contributed by atoms with van der Waals surface area (Å²) in [5.74, 6) is -0.794. The molecule has 0 atom stereocenters. The number of nitrogens with one attached hydrogen (secondary N) is 2. The first-order valence-corrected chi connectivity index (χ1v) is 8.75. The number of hydrogen-bond donors (Lipinski definition) is 3. The second kappa shape index (κ2) is 8.35. The Morgan fingerprint density at radius 1 is 1.00 bits per heavy atom. The molecule has 1 heterocycles. The minimum Gasteiger partial charge on any atom is -0.478 e. The molecule has 1 fully saturated rings. The van der Waals surface area contributed by atoms with Gasteiger partial charge in [-0.05, 0) is 41.8 Å². The van der Waals surface area contributed by atoms with Crippen molar-refractivity contribution in [1.29, 1.82) is 0 Å². The van der Waals surface area contributed by atoms with Gasteiger partial charge < -0.3 is 20.6 Å². The van der Waals surface area contributed by atoms with Crippen LogP contribution in [0.5, 0.6) is 0 Å². The van der Waals surface area contributed by atoms with Crippen LogP contribution in [0.3, 0.4) is 0 Å². The molecule has 1 saturated heterocycles. The van der Waals surface area contributed by atoms with Gasteiger partial charge >= 0.3 is 12.0 Å². The van der Waals surface area contributed by atoms with E-state index in [4.69, 9.17) is 5.11 Å². The van der Waals surface area contributed by atoms with Crippen molar-refractivity contribution in [3.05, 3.63) is 65.2 Å². The number of benzene rings is 2. The maximum atomic E-state index is 12.0. The van der Waals surface area contributed by atoms with Crippen molar-refractivity contribution in [1.82, 2.24) is 10.2 Å². The second-order valence-electron chi connectivity index (χ2n) is 6.43. The molecule has 1 aliphatic heterocycles. The fourth-order valence-electron chi connectivity index (χ4n) is 2.91. The monoisotopic (exact) mass is 367 g/mol. The van der Waals surface area contributed by atoms with Gasteiger partial charge in [-0.1, -0.05) is 24.3 Å². The van der Waals surface area contributed by atoms with Crippen molar-refractivity contribution in [3.8, 4) is 0 Å². The Morgan fingerprint density at radius 2 is 1.67 bits per heavy atom. The molecule has 27 heavy (non-hydrogen) atoms. The van der Waals surface area contributed by atoms with Gasteiger partial charge in [-0.25, -0.2) is 9.59 Å². The number of carbonyl (C=O) groups is 3. The first-order chi connectivity index (χ1) is 13.0. The summed E-state index contributed by atoms with van der Waals surface area (Å²) in [7, 11) is 0. The Balaban J connectivity index is 1.47. The van der Waals surface area contributed by atoms with Gasteiger partial charge in [0, 0.05) is 31.7 Å². The van der Waals surface area contributed by atoms with E-state index in [1.165, 1.54) is 12.1 Å². The summed E-state index contributed by atoms with van der Waals surface area (Å²) in [5.41, 5.74) is 2.69. The molecule has 2 aromatic rings. The number of carboxylic acid groups (broad SMARTS) is 1. The highest BCUT2D eigenvalue weighted by atomic mass is 16.4. The molecule has 2 aromatic carbocycles. The number of amides is 3. The van der Waals surface area contributed by atoms with Gasteiger partial charge in [0.05, 0.1) is 5.56 Å². The lowest BCUT2D eigenvalue weighted by atomic mass is 10.1. The number of carboxylic acids is 1. The zero-order valence-electron chi connectivity index (χ0n) is 14.8. The quantitative estimate of drug-likeness (QED) is 0.731. The van der Waals surface area contributed by atoms with E-state index in [0.29, 0.717) is 25.2 Å². The van der Waals surface area contributed by atoms with Gasteiger partial charge in [-0.15, -0.1) is 0 Å². The van der Waals surface area contributed by atoms with Gasteiger partial charge in [-0.2, -0.15) is 0 Å². The molecule has 7 nitrogen and oxygen atoms in total. The summed E-state index contributed by atoms with van der Waals surface area (Å²) in [6.07, 6.45) is 1.54. The number of rotatable bonds is 6. The largest absolute Gasteiger partial charge is 0.478 e. The molecule has 3 N–H and O–H groups in total. The number of carbonyl (C=O) groups excluding carboxylic acids is 2. The normalized spacial score (nSPS) is 13.5. The Hall–Kier alpha value is -3.35. The topological polar surface area (TPSA) is 98.7 Å². The number of likely N-dealkylation sites (tertiary alicyclic amines) is 1. The lowest BCUT2D eigenvalue weighted by molar-refractivity contribution is -0.128. The van der Waals surface area contributed by atoms with Crippen molar-refractivity contribution in [2.24, 2.45) is 0 Å². The third-order valence-corrected chi connectivity index (χ3v) is 4.41. The summed E-state index contributed by atoms with van der Waals surface area (Å²) in [6.45, 7) is 1.69. The zero-order chi connectivity index (χ0) is 19.2. The predicted molar refractivity (Wildman–Crippen MR) is 100 cm³/mol. The Kier molecular flexibility index (Phi) is 5.71. The molecule has 3 amide bonds. The van der Waals surface area contributed by atoms with E-state index in [1.807, 2.05) is 17.0 Å². The molecule has 0 spiro atoms. The van der Waals surface area contributed by atoms with Gasteiger partial charge in [0.2, 0.25) is 5.91 Å². The first-order valence-electron chi connectivity index (χ1n) is 8.75. The maximum absolute atomic E-state index is 12.0. The third kappa shape index (κ3) is 5.07. The van der Waals surface area contributed by atoms with E-state index in [9.17, 15) is 14.4 Å². The Bertz CT molecular complexity index is 831. The minimum atomic E-state index is -0.982.